The molecular formula is C13H11F4N3O. The van der Waals surface area contributed by atoms with Crippen molar-refractivity contribution in [1.82, 2.24) is 9.97 Å². The van der Waals surface area contributed by atoms with Crippen LogP contribution in [0.25, 0.3) is 0 Å². The Labute approximate surface area is 117 Å². The molecule has 0 bridgehead atoms. The number of nitrogens with zero attached hydrogens (tertiary/aromatic N) is 2. The summed E-state index contributed by atoms with van der Waals surface area (Å²) in [7, 11) is 0. The minimum atomic E-state index is -4.83. The van der Waals surface area contributed by atoms with Crippen LogP contribution in [0.1, 0.15) is 24.2 Å². The van der Waals surface area contributed by atoms with Crippen molar-refractivity contribution in [2.45, 2.75) is 19.2 Å². The van der Waals surface area contributed by atoms with E-state index in [4.69, 9.17) is 10.5 Å². The second-order valence-electron chi connectivity index (χ2n) is 4.21. The molecular weight excluding hydrogens is 290 g/mol. The fourth-order valence-corrected chi connectivity index (χ4v) is 1.84. The Bertz CT molecular complexity index is 646. The van der Waals surface area contributed by atoms with E-state index < -0.39 is 23.7 Å². The number of nitrogens with two attached hydrogens (primary N) is 1. The molecule has 21 heavy (non-hydrogen) atoms. The lowest BCUT2D eigenvalue weighted by Gasteiger charge is -2.20. The molecule has 0 fully saturated rings. The zero-order valence-corrected chi connectivity index (χ0v) is 10.9. The normalized spacial score (nSPS) is 13.0. The predicted molar refractivity (Wildman–Crippen MR) is 66.9 cm³/mol. The summed E-state index contributed by atoms with van der Waals surface area (Å²) >= 11 is 0. The molecule has 8 heteroatoms. The van der Waals surface area contributed by atoms with Crippen LogP contribution < -0.4 is 10.5 Å². The summed E-state index contributed by atoms with van der Waals surface area (Å²) in [6.07, 6.45) is -3.33. The van der Waals surface area contributed by atoms with Gasteiger partial charge in [0, 0.05) is 18.0 Å². The Morgan fingerprint density at radius 2 is 1.86 bits per heavy atom. The van der Waals surface area contributed by atoms with E-state index in [0.717, 1.165) is 12.1 Å². The van der Waals surface area contributed by atoms with E-state index in [9.17, 15) is 17.6 Å². The largest absolute Gasteiger partial charge is 0.467 e. The maximum atomic E-state index is 13.5. The van der Waals surface area contributed by atoms with E-state index in [1.807, 2.05) is 0 Å². The van der Waals surface area contributed by atoms with Gasteiger partial charge in [-0.15, -0.1) is 0 Å². The lowest BCUT2D eigenvalue weighted by atomic mass is 10.0. The van der Waals surface area contributed by atoms with Crippen molar-refractivity contribution < 1.29 is 22.3 Å². The van der Waals surface area contributed by atoms with Gasteiger partial charge in [-0.25, -0.2) is 14.4 Å². The van der Waals surface area contributed by atoms with Crippen molar-refractivity contribution in [1.29, 1.82) is 0 Å². The summed E-state index contributed by atoms with van der Waals surface area (Å²) in [5.74, 6) is -1.53. The van der Waals surface area contributed by atoms with Gasteiger partial charge in [0.05, 0.1) is 5.56 Å². The molecule has 0 saturated heterocycles. The number of anilines is 1. The number of alkyl halides is 3. The second kappa shape index (κ2) is 5.55. The van der Waals surface area contributed by atoms with Crippen LogP contribution in [-0.2, 0) is 6.18 Å². The molecule has 112 valence electrons. The van der Waals surface area contributed by atoms with Gasteiger partial charge in [-0.1, -0.05) is 12.1 Å². The Kier molecular flexibility index (Phi) is 3.97. The smallest absolute Gasteiger partial charge is 0.419 e. The highest BCUT2D eigenvalue weighted by Gasteiger charge is 2.38. The van der Waals surface area contributed by atoms with Crippen molar-refractivity contribution >= 4 is 5.82 Å². The summed E-state index contributed by atoms with van der Waals surface area (Å²) < 4.78 is 57.6. The molecule has 4 nitrogen and oxygen atoms in total. The topological polar surface area (TPSA) is 61.0 Å². The molecule has 0 aliphatic carbocycles. The first-order valence-electron chi connectivity index (χ1n) is 5.89. The zero-order chi connectivity index (χ0) is 15.6. The van der Waals surface area contributed by atoms with E-state index >= 15 is 0 Å². The summed E-state index contributed by atoms with van der Waals surface area (Å²) in [5, 5.41) is 0. The third-order valence-electron chi connectivity index (χ3n) is 2.75. The number of hydrogen-bond donors (Lipinski definition) is 1. The summed E-state index contributed by atoms with van der Waals surface area (Å²) in [6.45, 7) is 1.35. The molecule has 0 saturated carbocycles. The van der Waals surface area contributed by atoms with Crippen LogP contribution in [0.2, 0.25) is 0 Å². The van der Waals surface area contributed by atoms with Crippen molar-refractivity contribution in [3.8, 4) is 5.88 Å². The van der Waals surface area contributed by atoms with Crippen LogP contribution in [0.15, 0.2) is 30.6 Å². The lowest BCUT2D eigenvalue weighted by molar-refractivity contribution is -0.141. The van der Waals surface area contributed by atoms with Crippen molar-refractivity contribution in [2.75, 3.05) is 5.73 Å². The molecule has 0 aliphatic heterocycles. The van der Waals surface area contributed by atoms with Gasteiger partial charge in [-0.3, -0.25) is 0 Å². The molecule has 2 aromatic rings. The summed E-state index contributed by atoms with van der Waals surface area (Å²) in [6, 6.07) is 3.07. The Hall–Kier alpha value is -2.38. The first kappa shape index (κ1) is 15.0. The Balaban J connectivity index is 2.38. The van der Waals surface area contributed by atoms with E-state index in [-0.39, 0.29) is 17.3 Å². The SMILES string of the molecule is CC(Oc1nccnc1N)c1cccc(F)c1C(F)(F)F. The van der Waals surface area contributed by atoms with Crippen LogP contribution >= 0.6 is 0 Å². The minimum Gasteiger partial charge on any atom is -0.467 e. The van der Waals surface area contributed by atoms with Crippen molar-refractivity contribution in [2.24, 2.45) is 0 Å². The first-order valence-corrected chi connectivity index (χ1v) is 5.89. The van der Waals surface area contributed by atoms with E-state index in [0.29, 0.717) is 0 Å². The Morgan fingerprint density at radius 3 is 2.48 bits per heavy atom. The van der Waals surface area contributed by atoms with Gasteiger partial charge in [-0.05, 0) is 13.0 Å². The minimum absolute atomic E-state index is 0.0608. The van der Waals surface area contributed by atoms with Gasteiger partial charge in [0.1, 0.15) is 11.9 Å². The van der Waals surface area contributed by atoms with E-state index in [1.54, 1.807) is 0 Å². The van der Waals surface area contributed by atoms with E-state index in [1.165, 1.54) is 25.4 Å². The van der Waals surface area contributed by atoms with Gasteiger partial charge in [0.25, 0.3) is 5.88 Å². The quantitative estimate of drug-likeness (QED) is 0.883. The third-order valence-corrected chi connectivity index (χ3v) is 2.75. The highest BCUT2D eigenvalue weighted by Crippen LogP contribution is 2.37. The molecule has 2 rings (SSSR count). The fraction of sp³-hybridized carbons (Fsp3) is 0.231. The molecule has 0 radical (unpaired) electrons. The molecule has 1 aromatic heterocycles. The standard InChI is InChI=1S/C13H11F4N3O/c1-7(21-12-11(18)19-5-6-20-12)8-3-2-4-9(14)10(8)13(15,16)17/h2-7H,1H3,(H2,18,19). The summed E-state index contributed by atoms with van der Waals surface area (Å²) in [5.41, 5.74) is 3.80. The van der Waals surface area contributed by atoms with Gasteiger partial charge >= 0.3 is 6.18 Å². The van der Waals surface area contributed by atoms with Crippen molar-refractivity contribution in [3.05, 3.63) is 47.5 Å². The van der Waals surface area contributed by atoms with Gasteiger partial charge in [0.2, 0.25) is 0 Å². The highest BCUT2D eigenvalue weighted by molar-refractivity contribution is 5.40. The number of nitrogen functional groups attached to an aromatic ring is 1. The molecule has 0 aliphatic rings. The average molecular weight is 301 g/mol. The maximum absolute atomic E-state index is 13.5. The second-order valence-corrected chi connectivity index (χ2v) is 4.21. The molecule has 1 aromatic carbocycles. The van der Waals surface area contributed by atoms with Crippen LogP contribution in [0, 0.1) is 5.82 Å². The number of rotatable bonds is 3. The number of ether oxygens (including phenoxy) is 1. The molecule has 1 heterocycles. The highest BCUT2D eigenvalue weighted by atomic mass is 19.4. The molecule has 2 N–H and O–H groups in total. The maximum Gasteiger partial charge on any atom is 0.419 e. The molecule has 0 amide bonds. The van der Waals surface area contributed by atoms with Gasteiger partial charge in [0.15, 0.2) is 5.82 Å². The number of aromatic nitrogens is 2. The molecule has 1 unspecified atom stereocenters. The number of halogens is 4. The number of hydrogen-bond acceptors (Lipinski definition) is 4. The average Bonchev–Trinajstić information content (AvgIpc) is 2.39. The zero-order valence-electron chi connectivity index (χ0n) is 10.9. The van der Waals surface area contributed by atoms with Crippen LogP contribution in [0.3, 0.4) is 0 Å². The summed E-state index contributed by atoms with van der Waals surface area (Å²) in [4.78, 5) is 7.48. The lowest BCUT2D eigenvalue weighted by Crippen LogP contribution is -2.16. The molecule has 1 atom stereocenters. The van der Waals surface area contributed by atoms with Gasteiger partial charge in [-0.2, -0.15) is 13.2 Å². The third kappa shape index (κ3) is 3.21. The van der Waals surface area contributed by atoms with Crippen molar-refractivity contribution in [3.63, 3.8) is 0 Å². The number of benzene rings is 1. The van der Waals surface area contributed by atoms with Gasteiger partial charge < -0.3 is 10.5 Å². The molecule has 0 spiro atoms. The van der Waals surface area contributed by atoms with Crippen LogP contribution in [0.5, 0.6) is 5.88 Å². The van der Waals surface area contributed by atoms with Crippen LogP contribution in [0.4, 0.5) is 23.4 Å². The first-order chi connectivity index (χ1) is 9.80. The monoisotopic (exact) mass is 301 g/mol. The van der Waals surface area contributed by atoms with Crippen LogP contribution in [-0.4, -0.2) is 9.97 Å². The Morgan fingerprint density at radius 1 is 1.19 bits per heavy atom. The van der Waals surface area contributed by atoms with E-state index in [2.05, 4.69) is 9.97 Å². The predicted octanol–water partition coefficient (Wildman–Crippen LogP) is 3.36. The fourth-order valence-electron chi connectivity index (χ4n) is 1.84.